The van der Waals surface area contributed by atoms with E-state index >= 15 is 0 Å². The Morgan fingerprint density at radius 3 is 2.36 bits per heavy atom. The summed E-state index contributed by atoms with van der Waals surface area (Å²) < 4.78 is 0. The summed E-state index contributed by atoms with van der Waals surface area (Å²) in [5, 5.41) is 2.98. The van der Waals surface area contributed by atoms with Crippen molar-refractivity contribution in [2.45, 2.75) is 26.3 Å². The highest BCUT2D eigenvalue weighted by Crippen LogP contribution is 2.09. The Bertz CT molecular complexity index is 142. The van der Waals surface area contributed by atoms with Gasteiger partial charge in [-0.2, -0.15) is 0 Å². The van der Waals surface area contributed by atoms with Crippen LogP contribution in [-0.2, 0) is 4.79 Å². The van der Waals surface area contributed by atoms with Crippen LogP contribution >= 0.6 is 0 Å². The topological polar surface area (TPSA) is 29.1 Å². The van der Waals surface area contributed by atoms with Crippen molar-refractivity contribution in [2.24, 2.45) is 5.92 Å². The summed E-state index contributed by atoms with van der Waals surface area (Å²) in [7, 11) is 1.80. The highest BCUT2D eigenvalue weighted by Gasteiger charge is 2.18. The van der Waals surface area contributed by atoms with Crippen molar-refractivity contribution >= 4 is 5.78 Å². The number of rotatable bonds is 5. The number of Topliss-reactive ketones (excluding diaryl/α,β-unsaturated/α-hetero) is 1. The lowest BCUT2D eigenvalue weighted by Crippen LogP contribution is -2.38. The summed E-state index contributed by atoms with van der Waals surface area (Å²) in [6, 6.07) is -0.0579. The van der Waals surface area contributed by atoms with Crippen LogP contribution in [0.3, 0.4) is 0 Å². The maximum Gasteiger partial charge on any atom is 0.147 e. The second-order valence-electron chi connectivity index (χ2n) is 2.68. The minimum atomic E-state index is -0.0579. The van der Waals surface area contributed by atoms with Crippen molar-refractivity contribution in [2.75, 3.05) is 7.05 Å². The van der Waals surface area contributed by atoms with Gasteiger partial charge in [0, 0.05) is 0 Å². The first-order chi connectivity index (χ1) is 5.17. The molecular weight excluding hydrogens is 138 g/mol. The smallest absolute Gasteiger partial charge is 0.147 e. The van der Waals surface area contributed by atoms with Gasteiger partial charge in [-0.15, -0.1) is 6.58 Å². The third-order valence-corrected chi connectivity index (χ3v) is 1.95. The normalized spacial score (nSPS) is 15.5. The minimum Gasteiger partial charge on any atom is -0.310 e. The van der Waals surface area contributed by atoms with Crippen molar-refractivity contribution in [1.82, 2.24) is 5.32 Å². The fourth-order valence-corrected chi connectivity index (χ4v) is 1.26. The molecule has 2 atom stereocenters. The predicted octanol–water partition coefficient (Wildman–Crippen LogP) is 1.38. The van der Waals surface area contributed by atoms with Gasteiger partial charge in [0.2, 0.25) is 0 Å². The first-order valence-electron chi connectivity index (χ1n) is 3.97. The zero-order chi connectivity index (χ0) is 8.85. The SMILES string of the molecule is C=CC(CC)C(NC)C(C)=O. The van der Waals surface area contributed by atoms with E-state index < -0.39 is 0 Å². The quantitative estimate of drug-likeness (QED) is 0.608. The van der Waals surface area contributed by atoms with Gasteiger partial charge in [0.15, 0.2) is 0 Å². The molecule has 2 heteroatoms. The van der Waals surface area contributed by atoms with E-state index in [1.165, 1.54) is 0 Å². The molecule has 0 radical (unpaired) electrons. The van der Waals surface area contributed by atoms with Gasteiger partial charge in [0.1, 0.15) is 5.78 Å². The molecule has 0 aliphatic carbocycles. The van der Waals surface area contributed by atoms with Crippen LogP contribution in [0, 0.1) is 5.92 Å². The molecule has 0 aromatic heterocycles. The summed E-state index contributed by atoms with van der Waals surface area (Å²) in [4.78, 5) is 11.0. The fourth-order valence-electron chi connectivity index (χ4n) is 1.26. The van der Waals surface area contributed by atoms with Crippen LogP contribution in [0.5, 0.6) is 0 Å². The van der Waals surface area contributed by atoms with E-state index in [9.17, 15) is 4.79 Å². The van der Waals surface area contributed by atoms with E-state index in [0.717, 1.165) is 6.42 Å². The standard InChI is InChI=1S/C9H17NO/c1-5-8(6-2)9(10-4)7(3)11/h5,8-10H,1,6H2,2-4H3. The van der Waals surface area contributed by atoms with Crippen LogP contribution in [0.2, 0.25) is 0 Å². The third kappa shape index (κ3) is 2.85. The summed E-state index contributed by atoms with van der Waals surface area (Å²) in [5.74, 6) is 0.441. The second kappa shape index (κ2) is 5.08. The molecule has 64 valence electrons. The Balaban J connectivity index is 4.20. The van der Waals surface area contributed by atoms with Crippen LogP contribution < -0.4 is 5.32 Å². The van der Waals surface area contributed by atoms with Gasteiger partial charge in [0.05, 0.1) is 6.04 Å². The molecule has 0 aromatic rings. The third-order valence-electron chi connectivity index (χ3n) is 1.95. The molecule has 0 fully saturated rings. The highest BCUT2D eigenvalue weighted by atomic mass is 16.1. The monoisotopic (exact) mass is 155 g/mol. The summed E-state index contributed by atoms with van der Waals surface area (Å²) in [5.41, 5.74) is 0. The van der Waals surface area contributed by atoms with Crippen molar-refractivity contribution in [3.05, 3.63) is 12.7 Å². The summed E-state index contributed by atoms with van der Waals surface area (Å²) in [6.45, 7) is 7.35. The number of hydrogen-bond donors (Lipinski definition) is 1. The van der Waals surface area contributed by atoms with E-state index in [2.05, 4.69) is 18.8 Å². The van der Waals surface area contributed by atoms with Crippen LogP contribution in [0.4, 0.5) is 0 Å². The number of likely N-dealkylation sites (N-methyl/N-ethyl adjacent to an activating group) is 1. The van der Waals surface area contributed by atoms with Crippen molar-refractivity contribution in [1.29, 1.82) is 0 Å². The first-order valence-corrected chi connectivity index (χ1v) is 3.97. The average Bonchev–Trinajstić information content (AvgIpc) is 1.99. The molecule has 0 spiro atoms. The Morgan fingerprint density at radius 1 is 1.73 bits per heavy atom. The molecule has 0 aromatic carbocycles. The average molecular weight is 155 g/mol. The molecule has 0 rings (SSSR count). The Hall–Kier alpha value is -0.630. The van der Waals surface area contributed by atoms with Gasteiger partial charge < -0.3 is 5.32 Å². The van der Waals surface area contributed by atoms with E-state index in [1.54, 1.807) is 14.0 Å². The van der Waals surface area contributed by atoms with Gasteiger partial charge in [-0.25, -0.2) is 0 Å². The Morgan fingerprint density at radius 2 is 2.27 bits per heavy atom. The molecule has 0 aliphatic heterocycles. The van der Waals surface area contributed by atoms with Crippen LogP contribution in [-0.4, -0.2) is 18.9 Å². The first kappa shape index (κ1) is 10.4. The van der Waals surface area contributed by atoms with Gasteiger partial charge >= 0.3 is 0 Å². The molecule has 11 heavy (non-hydrogen) atoms. The molecule has 0 aliphatic rings. The minimum absolute atomic E-state index is 0.0579. The van der Waals surface area contributed by atoms with Crippen molar-refractivity contribution in [3.8, 4) is 0 Å². The van der Waals surface area contributed by atoms with E-state index in [-0.39, 0.29) is 17.7 Å². The maximum absolute atomic E-state index is 11.0. The molecule has 0 amide bonds. The lowest BCUT2D eigenvalue weighted by molar-refractivity contribution is -0.119. The van der Waals surface area contributed by atoms with Crippen LogP contribution in [0.1, 0.15) is 20.3 Å². The molecule has 0 saturated carbocycles. The molecule has 2 unspecified atom stereocenters. The summed E-state index contributed by atoms with van der Waals surface area (Å²) in [6.07, 6.45) is 2.79. The van der Waals surface area contributed by atoms with E-state index in [0.29, 0.717) is 0 Å². The molecule has 0 bridgehead atoms. The Labute approximate surface area is 68.7 Å². The lowest BCUT2D eigenvalue weighted by atomic mass is 9.94. The molecule has 2 nitrogen and oxygen atoms in total. The maximum atomic E-state index is 11.0. The molecule has 0 saturated heterocycles. The van der Waals surface area contributed by atoms with Crippen LogP contribution in [0.25, 0.3) is 0 Å². The fraction of sp³-hybridized carbons (Fsp3) is 0.667. The van der Waals surface area contributed by atoms with Gasteiger partial charge in [-0.05, 0) is 26.3 Å². The van der Waals surface area contributed by atoms with Gasteiger partial charge in [-0.3, -0.25) is 4.79 Å². The molecule has 0 heterocycles. The number of carbonyl (C=O) groups excluding carboxylic acids is 1. The van der Waals surface area contributed by atoms with Crippen LogP contribution in [0.15, 0.2) is 12.7 Å². The van der Waals surface area contributed by atoms with Gasteiger partial charge in [0.25, 0.3) is 0 Å². The van der Waals surface area contributed by atoms with Crippen molar-refractivity contribution < 1.29 is 4.79 Å². The van der Waals surface area contributed by atoms with Gasteiger partial charge in [-0.1, -0.05) is 13.0 Å². The molecular formula is C9H17NO. The number of hydrogen-bond acceptors (Lipinski definition) is 2. The van der Waals surface area contributed by atoms with E-state index in [4.69, 9.17) is 0 Å². The lowest BCUT2D eigenvalue weighted by Gasteiger charge is -2.19. The number of carbonyl (C=O) groups is 1. The predicted molar refractivity (Wildman–Crippen MR) is 47.5 cm³/mol. The zero-order valence-electron chi connectivity index (χ0n) is 7.55. The summed E-state index contributed by atoms with van der Waals surface area (Å²) >= 11 is 0. The molecule has 1 N–H and O–H groups in total. The van der Waals surface area contributed by atoms with E-state index in [1.807, 2.05) is 6.08 Å². The Kier molecular flexibility index (Phi) is 4.79. The zero-order valence-corrected chi connectivity index (χ0v) is 7.55. The second-order valence-corrected chi connectivity index (χ2v) is 2.68. The largest absolute Gasteiger partial charge is 0.310 e. The van der Waals surface area contributed by atoms with Crippen molar-refractivity contribution in [3.63, 3.8) is 0 Å². The number of ketones is 1. The number of nitrogens with one attached hydrogen (secondary N) is 1. The highest BCUT2D eigenvalue weighted by molar-refractivity contribution is 5.81.